The molecule has 1 aliphatic carbocycles. The highest BCUT2D eigenvalue weighted by Crippen LogP contribution is 2.40. The smallest absolute Gasteiger partial charge is 0.310 e. The first-order valence-corrected chi connectivity index (χ1v) is 7.58. The number of rotatable bonds is 3. The van der Waals surface area contributed by atoms with Crippen LogP contribution in [0.15, 0.2) is 0 Å². The Morgan fingerprint density at radius 2 is 1.89 bits per heavy atom. The maximum atomic E-state index is 11.8. The molecular formula is C15H27NO2. The van der Waals surface area contributed by atoms with Crippen molar-refractivity contribution in [1.29, 1.82) is 0 Å². The summed E-state index contributed by atoms with van der Waals surface area (Å²) in [5.41, 5.74) is -0.456. The summed E-state index contributed by atoms with van der Waals surface area (Å²) in [6.07, 6.45) is 9.15. The van der Waals surface area contributed by atoms with Crippen molar-refractivity contribution in [3.63, 3.8) is 0 Å². The van der Waals surface area contributed by atoms with Crippen LogP contribution in [0.4, 0.5) is 0 Å². The van der Waals surface area contributed by atoms with Gasteiger partial charge in [0.05, 0.1) is 5.41 Å². The standard InChI is InChI=1S/C15H27NO2/c1-13-7-6-8-15(11-13,14(17)18)12-16-9-4-2-3-5-10-16/h13H,2-12H2,1H3,(H,17,18). The van der Waals surface area contributed by atoms with Crippen molar-refractivity contribution >= 4 is 5.97 Å². The van der Waals surface area contributed by atoms with Crippen molar-refractivity contribution in [2.45, 2.75) is 58.3 Å². The Balaban J connectivity index is 2.02. The molecule has 0 bridgehead atoms. The Morgan fingerprint density at radius 1 is 1.22 bits per heavy atom. The van der Waals surface area contributed by atoms with Crippen LogP contribution in [0.5, 0.6) is 0 Å². The number of carboxylic acid groups (broad SMARTS) is 1. The van der Waals surface area contributed by atoms with E-state index >= 15 is 0 Å². The molecule has 0 aromatic heterocycles. The van der Waals surface area contributed by atoms with Crippen LogP contribution >= 0.6 is 0 Å². The number of likely N-dealkylation sites (tertiary alicyclic amines) is 1. The maximum absolute atomic E-state index is 11.8. The molecule has 1 N–H and O–H groups in total. The molecule has 2 atom stereocenters. The van der Waals surface area contributed by atoms with E-state index in [0.29, 0.717) is 5.92 Å². The van der Waals surface area contributed by atoms with Crippen molar-refractivity contribution in [2.24, 2.45) is 11.3 Å². The summed E-state index contributed by atoms with van der Waals surface area (Å²) in [7, 11) is 0. The molecule has 0 aromatic rings. The zero-order chi connectivity index (χ0) is 13.0. The second-order valence-electron chi connectivity index (χ2n) is 6.48. The van der Waals surface area contributed by atoms with Crippen LogP contribution in [-0.2, 0) is 4.79 Å². The first-order valence-electron chi connectivity index (χ1n) is 7.58. The topological polar surface area (TPSA) is 40.5 Å². The lowest BCUT2D eigenvalue weighted by molar-refractivity contribution is -0.153. The van der Waals surface area contributed by atoms with E-state index in [4.69, 9.17) is 0 Å². The van der Waals surface area contributed by atoms with E-state index in [-0.39, 0.29) is 0 Å². The van der Waals surface area contributed by atoms with E-state index in [1.807, 2.05) is 0 Å². The van der Waals surface area contributed by atoms with E-state index in [2.05, 4.69) is 11.8 Å². The van der Waals surface area contributed by atoms with Crippen molar-refractivity contribution in [3.05, 3.63) is 0 Å². The van der Waals surface area contributed by atoms with Gasteiger partial charge in [0, 0.05) is 6.54 Å². The number of hydrogen-bond donors (Lipinski definition) is 1. The van der Waals surface area contributed by atoms with Crippen LogP contribution in [-0.4, -0.2) is 35.6 Å². The quantitative estimate of drug-likeness (QED) is 0.840. The van der Waals surface area contributed by atoms with E-state index in [0.717, 1.165) is 38.9 Å². The van der Waals surface area contributed by atoms with Crippen molar-refractivity contribution in [1.82, 2.24) is 4.90 Å². The van der Waals surface area contributed by atoms with Crippen LogP contribution in [0.25, 0.3) is 0 Å². The molecule has 104 valence electrons. The molecule has 3 nitrogen and oxygen atoms in total. The van der Waals surface area contributed by atoms with Crippen LogP contribution < -0.4 is 0 Å². The van der Waals surface area contributed by atoms with Crippen LogP contribution in [0.1, 0.15) is 58.3 Å². The minimum absolute atomic E-state index is 0.456. The monoisotopic (exact) mass is 253 g/mol. The predicted molar refractivity (Wildman–Crippen MR) is 72.6 cm³/mol. The minimum Gasteiger partial charge on any atom is -0.481 e. The van der Waals surface area contributed by atoms with E-state index in [1.54, 1.807) is 0 Å². The molecule has 0 aromatic carbocycles. The maximum Gasteiger partial charge on any atom is 0.310 e. The highest BCUT2D eigenvalue weighted by atomic mass is 16.4. The fraction of sp³-hybridized carbons (Fsp3) is 0.933. The third-order valence-corrected chi connectivity index (χ3v) is 4.77. The molecule has 2 rings (SSSR count). The molecule has 1 aliphatic heterocycles. The van der Waals surface area contributed by atoms with Gasteiger partial charge in [0.2, 0.25) is 0 Å². The number of nitrogens with zero attached hydrogens (tertiary/aromatic N) is 1. The predicted octanol–water partition coefficient (Wildman–Crippen LogP) is 3.14. The van der Waals surface area contributed by atoms with Crippen LogP contribution in [0, 0.1) is 11.3 Å². The fourth-order valence-electron chi connectivity index (χ4n) is 3.79. The largest absolute Gasteiger partial charge is 0.481 e. The van der Waals surface area contributed by atoms with Gasteiger partial charge in [0.15, 0.2) is 0 Å². The summed E-state index contributed by atoms with van der Waals surface area (Å²) in [6.45, 7) is 5.19. The van der Waals surface area contributed by atoms with E-state index in [1.165, 1.54) is 32.1 Å². The third-order valence-electron chi connectivity index (χ3n) is 4.77. The third kappa shape index (κ3) is 3.25. The van der Waals surface area contributed by atoms with Crippen LogP contribution in [0.2, 0.25) is 0 Å². The molecule has 1 saturated carbocycles. The fourth-order valence-corrected chi connectivity index (χ4v) is 3.79. The highest BCUT2D eigenvalue weighted by molar-refractivity contribution is 5.75. The molecular weight excluding hydrogens is 226 g/mol. The average Bonchev–Trinajstić information content (AvgIpc) is 2.57. The molecule has 2 aliphatic rings. The molecule has 0 amide bonds. The van der Waals surface area contributed by atoms with Gasteiger partial charge >= 0.3 is 5.97 Å². The number of hydrogen-bond acceptors (Lipinski definition) is 2. The molecule has 3 heteroatoms. The van der Waals surface area contributed by atoms with Gasteiger partial charge in [-0.2, -0.15) is 0 Å². The Labute approximate surface area is 111 Å². The molecule has 0 spiro atoms. The molecule has 1 heterocycles. The second kappa shape index (κ2) is 6.05. The number of carboxylic acids is 1. The summed E-state index contributed by atoms with van der Waals surface area (Å²) in [6, 6.07) is 0. The number of carbonyl (C=O) groups is 1. The Kier molecular flexibility index (Phi) is 4.66. The summed E-state index contributed by atoms with van der Waals surface area (Å²) in [5.74, 6) is 0.0140. The lowest BCUT2D eigenvalue weighted by Crippen LogP contribution is -2.46. The second-order valence-corrected chi connectivity index (χ2v) is 6.48. The summed E-state index contributed by atoms with van der Waals surface area (Å²) in [5, 5.41) is 9.68. The van der Waals surface area contributed by atoms with Crippen LogP contribution in [0.3, 0.4) is 0 Å². The van der Waals surface area contributed by atoms with Gasteiger partial charge in [0.1, 0.15) is 0 Å². The van der Waals surface area contributed by atoms with Gasteiger partial charge in [-0.15, -0.1) is 0 Å². The normalized spacial score (nSPS) is 35.1. The zero-order valence-corrected chi connectivity index (χ0v) is 11.7. The van der Waals surface area contributed by atoms with Gasteiger partial charge in [-0.25, -0.2) is 0 Å². The summed E-state index contributed by atoms with van der Waals surface area (Å²) in [4.78, 5) is 14.2. The molecule has 2 unspecified atom stereocenters. The van der Waals surface area contributed by atoms with E-state index in [9.17, 15) is 9.90 Å². The van der Waals surface area contributed by atoms with Crippen molar-refractivity contribution in [3.8, 4) is 0 Å². The molecule has 1 saturated heterocycles. The van der Waals surface area contributed by atoms with E-state index < -0.39 is 11.4 Å². The average molecular weight is 253 g/mol. The number of aliphatic carboxylic acids is 1. The van der Waals surface area contributed by atoms with Gasteiger partial charge < -0.3 is 10.0 Å². The highest BCUT2D eigenvalue weighted by Gasteiger charge is 2.42. The van der Waals surface area contributed by atoms with Crippen molar-refractivity contribution in [2.75, 3.05) is 19.6 Å². The summed E-state index contributed by atoms with van der Waals surface area (Å²) < 4.78 is 0. The first-order chi connectivity index (χ1) is 8.62. The Bertz CT molecular complexity index is 284. The Hall–Kier alpha value is -0.570. The molecule has 18 heavy (non-hydrogen) atoms. The zero-order valence-electron chi connectivity index (χ0n) is 11.7. The van der Waals surface area contributed by atoms with Gasteiger partial charge in [-0.05, 0) is 44.7 Å². The summed E-state index contributed by atoms with van der Waals surface area (Å²) >= 11 is 0. The SMILES string of the molecule is CC1CCCC(CN2CCCCCC2)(C(=O)O)C1. The first kappa shape index (κ1) is 13.9. The lowest BCUT2D eigenvalue weighted by Gasteiger charge is -2.39. The molecule has 0 radical (unpaired) electrons. The lowest BCUT2D eigenvalue weighted by atomic mass is 9.69. The minimum atomic E-state index is -0.557. The van der Waals surface area contributed by atoms with Gasteiger partial charge in [-0.1, -0.05) is 32.6 Å². The van der Waals surface area contributed by atoms with Gasteiger partial charge in [-0.3, -0.25) is 4.79 Å². The van der Waals surface area contributed by atoms with Crippen molar-refractivity contribution < 1.29 is 9.90 Å². The van der Waals surface area contributed by atoms with Gasteiger partial charge in [0.25, 0.3) is 0 Å². The molecule has 2 fully saturated rings. The Morgan fingerprint density at radius 3 is 2.44 bits per heavy atom.